The van der Waals surface area contributed by atoms with Crippen molar-refractivity contribution < 1.29 is 9.53 Å². The second-order valence-electron chi connectivity index (χ2n) is 5.58. The summed E-state index contributed by atoms with van der Waals surface area (Å²) in [5.41, 5.74) is 3.55. The predicted octanol–water partition coefficient (Wildman–Crippen LogP) is 4.35. The van der Waals surface area contributed by atoms with Gasteiger partial charge in [0.15, 0.2) is 0 Å². The highest BCUT2D eigenvalue weighted by Crippen LogP contribution is 2.41. The van der Waals surface area contributed by atoms with Gasteiger partial charge in [-0.1, -0.05) is 26.0 Å². The molecule has 0 N–H and O–H groups in total. The van der Waals surface area contributed by atoms with E-state index in [1.807, 2.05) is 19.9 Å². The topological polar surface area (TPSA) is 26.3 Å². The van der Waals surface area contributed by atoms with Crippen LogP contribution in [0.3, 0.4) is 0 Å². The van der Waals surface area contributed by atoms with Crippen molar-refractivity contribution in [3.8, 4) is 0 Å². The molecule has 0 spiro atoms. The van der Waals surface area contributed by atoms with Crippen LogP contribution in [0.4, 0.5) is 0 Å². The van der Waals surface area contributed by atoms with Crippen LogP contribution >= 0.6 is 0 Å². The minimum Gasteiger partial charge on any atom is -0.498 e. The Morgan fingerprint density at radius 3 is 2.68 bits per heavy atom. The van der Waals surface area contributed by atoms with Crippen molar-refractivity contribution in [3.63, 3.8) is 0 Å². The Balaban J connectivity index is 3.05. The lowest BCUT2D eigenvalue weighted by atomic mass is 9.74. The highest BCUT2D eigenvalue weighted by atomic mass is 16.5. The van der Waals surface area contributed by atoms with E-state index in [0.29, 0.717) is 6.61 Å². The average Bonchev–Trinajstić information content (AvgIpc) is 2.27. The molecule has 2 nitrogen and oxygen atoms in total. The summed E-state index contributed by atoms with van der Waals surface area (Å²) >= 11 is 0. The van der Waals surface area contributed by atoms with E-state index in [-0.39, 0.29) is 5.41 Å². The van der Waals surface area contributed by atoms with Gasteiger partial charge in [-0.3, -0.25) is 4.79 Å². The highest BCUT2D eigenvalue weighted by Gasteiger charge is 2.28. The molecule has 0 bridgehead atoms. The van der Waals surface area contributed by atoms with E-state index in [0.717, 1.165) is 24.0 Å². The Morgan fingerprint density at radius 2 is 2.16 bits per heavy atom. The fourth-order valence-electron chi connectivity index (χ4n) is 2.45. The van der Waals surface area contributed by atoms with Crippen molar-refractivity contribution >= 4 is 6.29 Å². The average molecular weight is 260 g/mol. The van der Waals surface area contributed by atoms with Crippen LogP contribution in [0, 0.1) is 5.41 Å². The number of ether oxygens (including phenoxy) is 1. The Bertz CT molecular complexity index is 460. The molecule has 2 heteroatoms. The van der Waals surface area contributed by atoms with Crippen molar-refractivity contribution in [2.24, 2.45) is 5.41 Å². The maximum atomic E-state index is 10.4. The zero-order valence-electron chi connectivity index (χ0n) is 12.6. The summed E-state index contributed by atoms with van der Waals surface area (Å²) in [6.07, 6.45) is 9.53. The zero-order chi connectivity index (χ0) is 14.5. The lowest BCUT2D eigenvalue weighted by molar-refractivity contribution is -0.104. The number of aldehydes is 1. The summed E-state index contributed by atoms with van der Waals surface area (Å²) < 4.78 is 5.65. The molecule has 0 radical (unpaired) electrons. The fraction of sp³-hybridized carbons (Fsp3) is 0.471. The Labute approximate surface area is 116 Å². The summed E-state index contributed by atoms with van der Waals surface area (Å²) in [6, 6.07) is 0. The molecule has 1 rings (SSSR count). The van der Waals surface area contributed by atoms with Crippen LogP contribution in [-0.4, -0.2) is 12.9 Å². The Morgan fingerprint density at radius 1 is 1.47 bits per heavy atom. The molecule has 0 atom stereocenters. The van der Waals surface area contributed by atoms with E-state index in [2.05, 4.69) is 32.9 Å². The van der Waals surface area contributed by atoms with Gasteiger partial charge in [-0.25, -0.2) is 0 Å². The number of allylic oxidation sites excluding steroid dienone is 8. The maximum absolute atomic E-state index is 10.4. The molecule has 1 aliphatic carbocycles. The highest BCUT2D eigenvalue weighted by molar-refractivity contribution is 5.67. The molecule has 0 fully saturated rings. The van der Waals surface area contributed by atoms with Crippen LogP contribution in [0.15, 0.2) is 46.8 Å². The lowest BCUT2D eigenvalue weighted by Crippen LogP contribution is -2.20. The first-order valence-electron chi connectivity index (χ1n) is 6.75. The molecule has 0 saturated carbocycles. The van der Waals surface area contributed by atoms with Crippen molar-refractivity contribution in [2.75, 3.05) is 6.61 Å². The molecule has 1 aliphatic rings. The molecule has 0 aromatic rings. The fourth-order valence-corrected chi connectivity index (χ4v) is 2.45. The van der Waals surface area contributed by atoms with E-state index in [4.69, 9.17) is 4.74 Å². The van der Waals surface area contributed by atoms with Crippen molar-refractivity contribution in [3.05, 3.63) is 46.8 Å². The van der Waals surface area contributed by atoms with Gasteiger partial charge in [0.25, 0.3) is 0 Å². The number of carbonyl (C=O) groups is 1. The second-order valence-corrected chi connectivity index (χ2v) is 5.58. The zero-order valence-corrected chi connectivity index (χ0v) is 12.6. The molecule has 0 saturated heterocycles. The molecular formula is C17H24O2. The van der Waals surface area contributed by atoms with Crippen LogP contribution in [-0.2, 0) is 9.53 Å². The van der Waals surface area contributed by atoms with E-state index in [9.17, 15) is 4.79 Å². The van der Waals surface area contributed by atoms with Crippen LogP contribution < -0.4 is 0 Å². The summed E-state index contributed by atoms with van der Waals surface area (Å²) in [6.45, 7) is 11.2. The van der Waals surface area contributed by atoms with Crippen LogP contribution in [0.2, 0.25) is 0 Å². The molecule has 0 heterocycles. The van der Waals surface area contributed by atoms with Gasteiger partial charge >= 0.3 is 0 Å². The first-order chi connectivity index (χ1) is 8.90. The smallest absolute Gasteiger partial charge is 0.143 e. The lowest BCUT2D eigenvalue weighted by Gasteiger charge is -2.32. The number of hydrogen-bond acceptors (Lipinski definition) is 2. The summed E-state index contributed by atoms with van der Waals surface area (Å²) in [4.78, 5) is 10.4. The van der Waals surface area contributed by atoms with Crippen molar-refractivity contribution in [1.82, 2.24) is 0 Å². The quantitative estimate of drug-likeness (QED) is 0.417. The molecule has 104 valence electrons. The van der Waals surface area contributed by atoms with Gasteiger partial charge in [-0.05, 0) is 55.1 Å². The first kappa shape index (κ1) is 15.5. The molecule has 0 unspecified atom stereocenters. The third-order valence-corrected chi connectivity index (χ3v) is 3.32. The number of rotatable bonds is 5. The summed E-state index contributed by atoms with van der Waals surface area (Å²) in [5.74, 6) is 1.06. The molecule has 0 aliphatic heterocycles. The third kappa shape index (κ3) is 4.23. The van der Waals surface area contributed by atoms with Gasteiger partial charge in [0.1, 0.15) is 6.29 Å². The van der Waals surface area contributed by atoms with Crippen LogP contribution in [0.5, 0.6) is 0 Å². The Kier molecular flexibility index (Phi) is 5.34. The van der Waals surface area contributed by atoms with Gasteiger partial charge in [-0.15, -0.1) is 0 Å². The van der Waals surface area contributed by atoms with Gasteiger partial charge in [0, 0.05) is 6.42 Å². The van der Waals surface area contributed by atoms with Crippen molar-refractivity contribution in [2.45, 2.75) is 41.0 Å². The largest absolute Gasteiger partial charge is 0.498 e. The third-order valence-electron chi connectivity index (χ3n) is 3.32. The predicted molar refractivity (Wildman–Crippen MR) is 79.8 cm³/mol. The molecular weight excluding hydrogens is 236 g/mol. The maximum Gasteiger partial charge on any atom is 0.143 e. The van der Waals surface area contributed by atoms with E-state index >= 15 is 0 Å². The van der Waals surface area contributed by atoms with Crippen molar-refractivity contribution in [1.29, 1.82) is 0 Å². The molecule has 19 heavy (non-hydrogen) atoms. The number of carbonyl (C=O) groups excluding carboxylic acids is 1. The van der Waals surface area contributed by atoms with Gasteiger partial charge in [0.05, 0.1) is 12.4 Å². The standard InChI is InChI=1S/C17H24O2/c1-6-19-15-11-14(3)16(17(4,5)12-15)8-7-13(2)9-10-18/h7-11H,6,12H2,1-5H3. The van der Waals surface area contributed by atoms with Gasteiger partial charge < -0.3 is 4.74 Å². The summed E-state index contributed by atoms with van der Waals surface area (Å²) in [5, 5.41) is 0. The SMILES string of the molecule is CCOC1=CC(C)=C(C=CC(C)=CC=O)C(C)(C)C1. The van der Waals surface area contributed by atoms with Crippen LogP contribution in [0.25, 0.3) is 0 Å². The minimum absolute atomic E-state index is 0.0568. The van der Waals surface area contributed by atoms with Gasteiger partial charge in [-0.2, -0.15) is 0 Å². The van der Waals surface area contributed by atoms with E-state index in [1.165, 1.54) is 11.1 Å². The Hall–Kier alpha value is -1.57. The molecule has 0 aromatic heterocycles. The summed E-state index contributed by atoms with van der Waals surface area (Å²) in [7, 11) is 0. The van der Waals surface area contributed by atoms with E-state index in [1.54, 1.807) is 6.08 Å². The van der Waals surface area contributed by atoms with Gasteiger partial charge in [0.2, 0.25) is 0 Å². The van der Waals surface area contributed by atoms with E-state index < -0.39 is 0 Å². The molecule has 0 amide bonds. The van der Waals surface area contributed by atoms with Crippen LogP contribution in [0.1, 0.15) is 41.0 Å². The first-order valence-corrected chi connectivity index (χ1v) is 6.75. The number of hydrogen-bond donors (Lipinski definition) is 0. The monoisotopic (exact) mass is 260 g/mol. The minimum atomic E-state index is 0.0568. The second kappa shape index (κ2) is 6.55. The normalized spacial score (nSPS) is 19.6. The molecule has 0 aromatic carbocycles.